The molecule has 2 aromatic carbocycles. The lowest BCUT2D eigenvalue weighted by Crippen LogP contribution is -2.47. The average molecular weight is 372 g/mol. The number of aromatic hydroxyl groups is 1. The summed E-state index contributed by atoms with van der Waals surface area (Å²) in [7, 11) is -1.25. The SMILES string of the molecule is C[C@@H](NC(=O)[C@@H]1CS(=O)CN1C(=O)c1ccccc1)c1ccc(O)cc1. The van der Waals surface area contributed by atoms with E-state index >= 15 is 0 Å². The van der Waals surface area contributed by atoms with Gasteiger partial charge >= 0.3 is 0 Å². The maximum atomic E-state index is 12.7. The molecule has 3 rings (SSSR count). The second-order valence-corrected chi connectivity index (χ2v) is 7.69. The number of amides is 2. The topological polar surface area (TPSA) is 86.7 Å². The summed E-state index contributed by atoms with van der Waals surface area (Å²) >= 11 is 0. The van der Waals surface area contributed by atoms with Crippen LogP contribution in [0.5, 0.6) is 5.75 Å². The first-order valence-corrected chi connectivity index (χ1v) is 9.75. The van der Waals surface area contributed by atoms with E-state index in [0.29, 0.717) is 5.56 Å². The Bertz CT molecular complexity index is 823. The second-order valence-electron chi connectivity index (χ2n) is 6.21. The number of phenols is 1. The van der Waals surface area contributed by atoms with Gasteiger partial charge in [0.05, 0.1) is 17.7 Å². The van der Waals surface area contributed by atoms with Gasteiger partial charge in [-0.05, 0) is 36.8 Å². The summed E-state index contributed by atoms with van der Waals surface area (Å²) in [6.07, 6.45) is 0. The predicted molar refractivity (Wildman–Crippen MR) is 98.9 cm³/mol. The largest absolute Gasteiger partial charge is 0.508 e. The third kappa shape index (κ3) is 3.94. The van der Waals surface area contributed by atoms with E-state index < -0.39 is 16.8 Å². The number of hydrogen-bond donors (Lipinski definition) is 2. The lowest BCUT2D eigenvalue weighted by Gasteiger charge is -2.24. The Balaban J connectivity index is 1.73. The van der Waals surface area contributed by atoms with Crippen LogP contribution < -0.4 is 5.32 Å². The Morgan fingerprint density at radius 2 is 1.81 bits per heavy atom. The summed E-state index contributed by atoms with van der Waals surface area (Å²) in [5, 5.41) is 12.2. The summed E-state index contributed by atoms with van der Waals surface area (Å²) in [6, 6.07) is 14.2. The zero-order valence-electron chi connectivity index (χ0n) is 14.3. The molecule has 0 saturated carbocycles. The number of benzene rings is 2. The predicted octanol–water partition coefficient (Wildman–Crippen LogP) is 1.80. The Kier molecular flexibility index (Phi) is 5.37. The lowest BCUT2D eigenvalue weighted by molar-refractivity contribution is -0.125. The molecule has 0 spiro atoms. The second kappa shape index (κ2) is 7.70. The van der Waals surface area contributed by atoms with Gasteiger partial charge in [-0.2, -0.15) is 0 Å². The first-order chi connectivity index (χ1) is 12.5. The van der Waals surface area contributed by atoms with Crippen LogP contribution in [0.15, 0.2) is 54.6 Å². The first kappa shape index (κ1) is 18.1. The minimum absolute atomic E-state index is 0.0550. The number of carbonyl (C=O) groups excluding carboxylic acids is 2. The van der Waals surface area contributed by atoms with Gasteiger partial charge < -0.3 is 15.3 Å². The minimum Gasteiger partial charge on any atom is -0.508 e. The zero-order valence-corrected chi connectivity index (χ0v) is 15.1. The molecule has 7 heteroatoms. The van der Waals surface area contributed by atoms with E-state index in [2.05, 4.69) is 5.32 Å². The summed E-state index contributed by atoms with van der Waals surface area (Å²) in [4.78, 5) is 26.8. The fourth-order valence-corrected chi connectivity index (χ4v) is 4.28. The van der Waals surface area contributed by atoms with E-state index in [1.165, 1.54) is 4.90 Å². The molecule has 3 atom stereocenters. The van der Waals surface area contributed by atoms with E-state index in [9.17, 15) is 18.9 Å². The molecule has 1 heterocycles. The van der Waals surface area contributed by atoms with Gasteiger partial charge in [0.25, 0.3) is 5.91 Å². The van der Waals surface area contributed by atoms with Crippen LogP contribution in [0.25, 0.3) is 0 Å². The Labute approximate surface area is 154 Å². The number of nitrogens with zero attached hydrogens (tertiary/aromatic N) is 1. The van der Waals surface area contributed by atoms with E-state index in [-0.39, 0.29) is 35.2 Å². The van der Waals surface area contributed by atoms with Gasteiger partial charge in [-0.1, -0.05) is 30.3 Å². The van der Waals surface area contributed by atoms with E-state index in [4.69, 9.17) is 0 Å². The van der Waals surface area contributed by atoms with Crippen LogP contribution in [-0.2, 0) is 15.6 Å². The van der Waals surface area contributed by atoms with Crippen molar-refractivity contribution in [1.29, 1.82) is 0 Å². The lowest BCUT2D eigenvalue weighted by atomic mass is 10.1. The smallest absolute Gasteiger partial charge is 0.255 e. The third-order valence-corrected chi connectivity index (χ3v) is 5.59. The van der Waals surface area contributed by atoms with Gasteiger partial charge in [-0.15, -0.1) is 0 Å². The van der Waals surface area contributed by atoms with Crippen LogP contribution >= 0.6 is 0 Å². The number of carbonyl (C=O) groups is 2. The van der Waals surface area contributed by atoms with Crippen LogP contribution in [0.2, 0.25) is 0 Å². The highest BCUT2D eigenvalue weighted by Crippen LogP contribution is 2.20. The van der Waals surface area contributed by atoms with Crippen molar-refractivity contribution in [2.24, 2.45) is 0 Å². The average Bonchev–Trinajstić information content (AvgIpc) is 3.04. The molecule has 26 heavy (non-hydrogen) atoms. The molecule has 1 fully saturated rings. The molecule has 136 valence electrons. The van der Waals surface area contributed by atoms with Gasteiger partial charge in [0.1, 0.15) is 11.8 Å². The quantitative estimate of drug-likeness (QED) is 0.857. The maximum absolute atomic E-state index is 12.7. The number of rotatable bonds is 4. The van der Waals surface area contributed by atoms with E-state index in [1.54, 1.807) is 48.5 Å². The van der Waals surface area contributed by atoms with E-state index in [0.717, 1.165) is 5.56 Å². The highest BCUT2D eigenvalue weighted by atomic mass is 32.2. The normalized spacial score (nSPS) is 20.6. The van der Waals surface area contributed by atoms with Crippen molar-refractivity contribution >= 4 is 22.6 Å². The Morgan fingerprint density at radius 1 is 1.15 bits per heavy atom. The number of nitrogens with one attached hydrogen (secondary N) is 1. The zero-order chi connectivity index (χ0) is 18.7. The third-order valence-electron chi connectivity index (χ3n) is 4.34. The summed E-state index contributed by atoms with van der Waals surface area (Å²) in [6.45, 7) is 1.82. The number of phenolic OH excluding ortho intramolecular Hbond substituents is 1. The van der Waals surface area contributed by atoms with Gasteiger partial charge in [0, 0.05) is 16.4 Å². The molecule has 0 aromatic heterocycles. The summed E-state index contributed by atoms with van der Waals surface area (Å²) in [5.74, 6) is -0.292. The first-order valence-electron chi connectivity index (χ1n) is 8.26. The summed E-state index contributed by atoms with van der Waals surface area (Å²) in [5.41, 5.74) is 1.30. The molecule has 0 radical (unpaired) electrons. The maximum Gasteiger partial charge on any atom is 0.255 e. The standard InChI is InChI=1S/C19H20N2O4S/c1-13(14-7-9-16(22)10-8-14)20-18(23)17-11-26(25)12-21(17)19(24)15-5-3-2-4-6-15/h2-10,13,17,22H,11-12H2,1H3,(H,20,23)/t13-,17+,26?/m1/s1. The highest BCUT2D eigenvalue weighted by Gasteiger charge is 2.38. The molecule has 1 saturated heterocycles. The minimum atomic E-state index is -1.25. The van der Waals surface area contributed by atoms with Crippen molar-refractivity contribution in [3.05, 3.63) is 65.7 Å². The molecule has 2 amide bonds. The Morgan fingerprint density at radius 3 is 2.46 bits per heavy atom. The fourth-order valence-electron chi connectivity index (χ4n) is 2.88. The van der Waals surface area contributed by atoms with Gasteiger partial charge in [-0.3, -0.25) is 13.8 Å². The van der Waals surface area contributed by atoms with Crippen molar-refractivity contribution in [2.45, 2.75) is 19.0 Å². The van der Waals surface area contributed by atoms with Crippen LogP contribution in [0, 0.1) is 0 Å². The molecular weight excluding hydrogens is 352 g/mol. The van der Waals surface area contributed by atoms with Gasteiger partial charge in [0.2, 0.25) is 5.91 Å². The highest BCUT2D eigenvalue weighted by molar-refractivity contribution is 7.85. The Hall–Kier alpha value is -2.67. The molecule has 2 aromatic rings. The monoisotopic (exact) mass is 372 g/mol. The molecule has 1 unspecified atom stereocenters. The number of hydrogen-bond acceptors (Lipinski definition) is 4. The molecule has 1 aliphatic rings. The molecule has 6 nitrogen and oxygen atoms in total. The van der Waals surface area contributed by atoms with Crippen LogP contribution in [0.4, 0.5) is 0 Å². The molecular formula is C19H20N2O4S. The van der Waals surface area contributed by atoms with Crippen LogP contribution in [0.1, 0.15) is 28.9 Å². The molecule has 2 N–H and O–H groups in total. The van der Waals surface area contributed by atoms with E-state index in [1.807, 2.05) is 13.0 Å². The van der Waals surface area contributed by atoms with Crippen molar-refractivity contribution in [1.82, 2.24) is 10.2 Å². The van der Waals surface area contributed by atoms with Gasteiger partial charge in [-0.25, -0.2) is 0 Å². The molecule has 1 aliphatic heterocycles. The summed E-state index contributed by atoms with van der Waals surface area (Å²) < 4.78 is 12.0. The van der Waals surface area contributed by atoms with Crippen molar-refractivity contribution in [3.63, 3.8) is 0 Å². The van der Waals surface area contributed by atoms with Crippen molar-refractivity contribution in [2.75, 3.05) is 11.6 Å². The van der Waals surface area contributed by atoms with Crippen LogP contribution in [0.3, 0.4) is 0 Å². The van der Waals surface area contributed by atoms with Crippen molar-refractivity contribution in [3.8, 4) is 5.75 Å². The van der Waals surface area contributed by atoms with Crippen LogP contribution in [-0.4, -0.2) is 43.7 Å². The van der Waals surface area contributed by atoms with Gasteiger partial charge in [0.15, 0.2) is 0 Å². The molecule has 0 aliphatic carbocycles. The van der Waals surface area contributed by atoms with Crippen molar-refractivity contribution < 1.29 is 18.9 Å². The molecule has 0 bridgehead atoms. The fraction of sp³-hybridized carbons (Fsp3) is 0.263.